The number of ether oxygens (including phenoxy) is 3. The first-order valence-corrected chi connectivity index (χ1v) is 23.3. The number of hydrogen-bond donors (Lipinski definition) is 3. The predicted octanol–water partition coefficient (Wildman–Crippen LogP) is 5.10. The number of carbonyl (C=O) groups excluding carboxylic acids is 1. The molecule has 0 spiro atoms. The van der Waals surface area contributed by atoms with Crippen molar-refractivity contribution >= 4 is 76.3 Å². The van der Waals surface area contributed by atoms with Gasteiger partial charge in [-0.25, -0.2) is 25.6 Å². The Balaban J connectivity index is 0.000000355. The summed E-state index contributed by atoms with van der Waals surface area (Å²) >= 11 is 0. The van der Waals surface area contributed by atoms with Crippen LogP contribution in [0.3, 0.4) is 0 Å². The zero-order valence-corrected chi connectivity index (χ0v) is 40.2. The van der Waals surface area contributed by atoms with Gasteiger partial charge in [0.25, 0.3) is 20.0 Å². The van der Waals surface area contributed by atoms with Crippen LogP contribution in [-0.2, 0) is 34.4 Å². The van der Waals surface area contributed by atoms with E-state index in [-0.39, 0.29) is 89.3 Å². The molecular weight excluding hydrogens is 930 g/mol. The third-order valence-corrected chi connectivity index (χ3v) is 13.3. The smallest absolute Gasteiger partial charge is 0.870 e. The van der Waals surface area contributed by atoms with Gasteiger partial charge in [-0.2, -0.15) is 0 Å². The van der Waals surface area contributed by atoms with Crippen molar-refractivity contribution in [3.8, 4) is 36.2 Å². The molecule has 0 aliphatic heterocycles. The topological polar surface area (TPSA) is 211 Å². The van der Waals surface area contributed by atoms with Crippen LogP contribution in [0.5, 0.6) is 11.5 Å². The van der Waals surface area contributed by atoms with Gasteiger partial charge in [0.1, 0.15) is 0 Å². The van der Waals surface area contributed by atoms with E-state index in [0.29, 0.717) is 27.5 Å². The number of methoxy groups -OCH3 is 3. The summed E-state index contributed by atoms with van der Waals surface area (Å²) in [5.74, 6) is 2.15. The van der Waals surface area contributed by atoms with Gasteiger partial charge < -0.3 is 34.6 Å². The number of esters is 1. The summed E-state index contributed by atoms with van der Waals surface area (Å²) in [5, 5.41) is 11.8. The number of carboxylic acids is 1. The molecule has 0 bridgehead atoms. The van der Waals surface area contributed by atoms with E-state index in [1.54, 1.807) is 72.5 Å². The van der Waals surface area contributed by atoms with Crippen molar-refractivity contribution in [2.75, 3.05) is 53.7 Å². The largest absolute Gasteiger partial charge is 1.00 e. The van der Waals surface area contributed by atoms with Gasteiger partial charge >= 0.3 is 30.8 Å². The summed E-state index contributed by atoms with van der Waals surface area (Å²) < 4.78 is 99.5. The van der Waals surface area contributed by atoms with Gasteiger partial charge in [-0.05, 0) is 74.5 Å². The van der Waals surface area contributed by atoms with Crippen LogP contribution in [0.2, 0.25) is 0 Å². The van der Waals surface area contributed by atoms with E-state index in [0.717, 1.165) is 23.2 Å². The minimum atomic E-state index is -4.10. The van der Waals surface area contributed by atoms with Gasteiger partial charge in [-0.1, -0.05) is 60.4 Å². The number of terminal acetylenes is 2. The molecule has 358 valence electrons. The average Bonchev–Trinajstić information content (AvgIpc) is 3.30. The molecule has 6 aromatic carbocycles. The fourth-order valence-corrected chi connectivity index (χ4v) is 9.41. The van der Waals surface area contributed by atoms with E-state index in [1.807, 2.05) is 24.0 Å². The molecule has 0 heterocycles. The van der Waals surface area contributed by atoms with Crippen LogP contribution < -0.4 is 47.6 Å². The summed E-state index contributed by atoms with van der Waals surface area (Å²) in [4.78, 5) is 26.2. The molecule has 15 nitrogen and oxygen atoms in total. The monoisotopic (exact) mass is 978 g/mol. The molecule has 0 fully saturated rings. The quantitative estimate of drug-likeness (QED) is 0.0583. The third kappa shape index (κ3) is 13.6. The second-order valence-corrected chi connectivity index (χ2v) is 18.3. The minimum absolute atomic E-state index is 0. The number of fused-ring (bicyclic) bond motifs is 2. The van der Waals surface area contributed by atoms with Crippen LogP contribution in [0.15, 0.2) is 119 Å². The van der Waals surface area contributed by atoms with Gasteiger partial charge in [0.15, 0.2) is 23.1 Å². The molecule has 6 rings (SSSR count). The van der Waals surface area contributed by atoms with Gasteiger partial charge in [0, 0.05) is 45.0 Å². The SMILES string of the molecule is C#CCN(c1ccc(NS(=O)(=O)c2ccc(OC)c(F)c2)c2ccccc12)[C@@H](C)CC(=O)O.C#CCN(c1ccc(NS(=O)(=O)c2ccc(OC)c(F)c2)c2ccccc12)[C@@H](C)CC(=O)OC.[Li+].[OH-]. The van der Waals surface area contributed by atoms with E-state index < -0.39 is 43.7 Å². The summed E-state index contributed by atoms with van der Waals surface area (Å²) in [7, 11) is -4.27. The van der Waals surface area contributed by atoms with Crippen molar-refractivity contribution in [1.29, 1.82) is 0 Å². The molecule has 6 aromatic rings. The molecule has 0 aromatic heterocycles. The number of hydrogen-bond acceptors (Lipinski definition) is 12. The molecule has 69 heavy (non-hydrogen) atoms. The van der Waals surface area contributed by atoms with Crippen molar-refractivity contribution < 1.29 is 78.9 Å². The molecule has 20 heteroatoms. The van der Waals surface area contributed by atoms with Crippen LogP contribution in [0.25, 0.3) is 21.5 Å². The Hall–Kier alpha value is -6.98. The van der Waals surface area contributed by atoms with Crippen molar-refractivity contribution in [1.82, 2.24) is 0 Å². The predicted molar refractivity (Wildman–Crippen MR) is 258 cm³/mol. The first-order chi connectivity index (χ1) is 31.9. The Morgan fingerprint density at radius 1 is 0.638 bits per heavy atom. The fraction of sp³-hybridized carbons (Fsp3) is 0.224. The van der Waals surface area contributed by atoms with E-state index in [4.69, 9.17) is 27.1 Å². The Bertz CT molecular complexity index is 3110. The van der Waals surface area contributed by atoms with E-state index in [9.17, 15) is 40.3 Å². The molecule has 0 unspecified atom stereocenters. The normalized spacial score (nSPS) is 11.7. The summed E-state index contributed by atoms with van der Waals surface area (Å²) in [6.07, 6.45) is 11.1. The van der Waals surface area contributed by atoms with Gasteiger partial charge in [-0.3, -0.25) is 19.0 Å². The standard InChI is InChI=1S/C25H25FN2O5S.C24H23FN2O5S.Li.H2O/c1-5-14-28(17(2)15-25(29)33-4)23-12-11-22(19-8-6-7-9-20(19)23)27-34(30,31)18-10-13-24(32-3)21(26)16-18;1-4-13-27(16(2)14-24(28)29)22-11-10-21(18-7-5-6-8-19(18)22)26-33(30,31)17-9-12-23(32-3)20(25)15-17;;/h1,6-13,16-17,27H,14-15H2,2-4H3;1,5-12,15-16,26H,13-14H2,2-3H3,(H,28,29);;1H2/q;;+1;/p-1/t17-;16-;;/m00../s1. The Morgan fingerprint density at radius 2 is 1.01 bits per heavy atom. The maximum atomic E-state index is 14.1. The Labute approximate surface area is 412 Å². The van der Waals surface area contributed by atoms with Gasteiger partial charge in [0.05, 0.1) is 68.4 Å². The average molecular weight is 979 g/mol. The zero-order valence-electron chi connectivity index (χ0n) is 38.6. The maximum absolute atomic E-state index is 14.1. The minimum Gasteiger partial charge on any atom is -0.870 e. The summed E-state index contributed by atoms with van der Waals surface area (Å²) in [6.45, 7) is 4.03. The molecular formula is C49H49F2LiN4O11S2. The van der Waals surface area contributed by atoms with E-state index in [2.05, 4.69) is 21.3 Å². The maximum Gasteiger partial charge on any atom is 1.00 e. The van der Waals surface area contributed by atoms with Gasteiger partial charge in [-0.15, -0.1) is 12.8 Å². The number of benzene rings is 6. The Kier molecular flexibility index (Phi) is 20.3. The van der Waals surface area contributed by atoms with Crippen molar-refractivity contribution in [2.45, 2.75) is 48.6 Å². The number of halogens is 2. The van der Waals surface area contributed by atoms with Gasteiger partial charge in [0.2, 0.25) is 0 Å². The number of rotatable bonds is 18. The number of carbonyl (C=O) groups is 2. The fourth-order valence-electron chi connectivity index (χ4n) is 7.23. The molecule has 4 N–H and O–H groups in total. The zero-order chi connectivity index (χ0) is 49.1. The van der Waals surface area contributed by atoms with Crippen LogP contribution in [0.4, 0.5) is 31.5 Å². The molecule has 2 atom stereocenters. The number of nitrogens with one attached hydrogen (secondary N) is 2. The number of carboxylic acid groups (broad SMARTS) is 1. The van der Waals surface area contributed by atoms with Crippen LogP contribution in [0.1, 0.15) is 26.7 Å². The second-order valence-electron chi connectivity index (χ2n) is 14.9. The van der Waals surface area contributed by atoms with Crippen molar-refractivity contribution in [3.05, 3.63) is 121 Å². The van der Waals surface area contributed by atoms with Crippen molar-refractivity contribution in [2.24, 2.45) is 0 Å². The Morgan fingerprint density at radius 3 is 1.35 bits per heavy atom. The number of nitrogens with zero attached hydrogens (tertiary/aromatic N) is 2. The molecule has 0 radical (unpaired) electrons. The first kappa shape index (κ1) is 56.3. The molecule has 0 aliphatic carbocycles. The van der Waals surface area contributed by atoms with E-state index in [1.165, 1.54) is 45.6 Å². The summed E-state index contributed by atoms with van der Waals surface area (Å²) in [6, 6.07) is 27.0. The molecule has 0 saturated heterocycles. The molecule has 0 aliphatic rings. The van der Waals surface area contributed by atoms with Crippen LogP contribution >= 0.6 is 0 Å². The van der Waals surface area contributed by atoms with Crippen molar-refractivity contribution in [3.63, 3.8) is 0 Å². The molecule has 0 amide bonds. The number of anilines is 4. The van der Waals surface area contributed by atoms with E-state index >= 15 is 0 Å². The van der Waals surface area contributed by atoms with Crippen LogP contribution in [0, 0.1) is 36.3 Å². The number of aliphatic carboxylic acids is 1. The molecule has 0 saturated carbocycles. The summed E-state index contributed by atoms with van der Waals surface area (Å²) in [5.41, 5.74) is 2.02. The second kappa shape index (κ2) is 24.9. The van der Waals surface area contributed by atoms with Crippen LogP contribution in [-0.4, -0.2) is 85.9 Å². The first-order valence-electron chi connectivity index (χ1n) is 20.3. The third-order valence-electron chi connectivity index (χ3n) is 10.5. The number of sulfonamides is 2.